The number of aromatic nitrogens is 2. The number of nitrogens with zero attached hydrogens (tertiary/aromatic N) is 2. The number of ether oxygens (including phenoxy) is 1. The second-order valence-electron chi connectivity index (χ2n) is 6.69. The van der Waals surface area contributed by atoms with Crippen LogP contribution in [0, 0.1) is 11.3 Å². The van der Waals surface area contributed by atoms with Crippen LogP contribution in [-0.4, -0.2) is 22.8 Å². The lowest BCUT2D eigenvalue weighted by Gasteiger charge is -2.01. The second-order valence-corrected chi connectivity index (χ2v) is 6.69. The monoisotopic (exact) mass is 362 g/mol. The third-order valence-corrected chi connectivity index (χ3v) is 4.65. The Kier molecular flexibility index (Phi) is 6.70. The highest BCUT2D eigenvalue weighted by atomic mass is 16.5. The van der Waals surface area contributed by atoms with Gasteiger partial charge in [-0.05, 0) is 49.6 Å². The molecule has 2 aromatic heterocycles. The van der Waals surface area contributed by atoms with Crippen molar-refractivity contribution >= 4 is 11.8 Å². The highest BCUT2D eigenvalue weighted by Gasteiger charge is 2.17. The van der Waals surface area contributed by atoms with Gasteiger partial charge in [-0.25, -0.2) is 4.99 Å². The summed E-state index contributed by atoms with van der Waals surface area (Å²) in [7, 11) is 1.67. The Morgan fingerprint density at radius 1 is 1.15 bits per heavy atom. The molecular formula is C22H26N4O. The Morgan fingerprint density at radius 2 is 2.00 bits per heavy atom. The molecule has 1 aliphatic heterocycles. The fraction of sp³-hybridized carbons (Fsp3) is 0.364. The molecule has 0 unspecified atom stereocenters. The minimum absolute atomic E-state index is 0.681. The minimum atomic E-state index is 0.681. The van der Waals surface area contributed by atoms with Crippen LogP contribution in [0.15, 0.2) is 53.0 Å². The number of hydrogen-bond acceptors (Lipinski definition) is 3. The first-order valence-electron chi connectivity index (χ1n) is 9.55. The molecular weight excluding hydrogens is 336 g/mol. The van der Waals surface area contributed by atoms with Crippen LogP contribution in [0.5, 0.6) is 0 Å². The lowest BCUT2D eigenvalue weighted by atomic mass is 10.1. The van der Waals surface area contributed by atoms with Gasteiger partial charge in [-0.15, -0.1) is 0 Å². The van der Waals surface area contributed by atoms with E-state index < -0.39 is 0 Å². The molecule has 0 saturated heterocycles. The van der Waals surface area contributed by atoms with Gasteiger partial charge in [0, 0.05) is 30.1 Å². The van der Waals surface area contributed by atoms with Crippen molar-refractivity contribution in [3.63, 3.8) is 0 Å². The van der Waals surface area contributed by atoms with E-state index >= 15 is 0 Å². The first kappa shape index (κ1) is 18.8. The molecule has 0 bridgehead atoms. The summed E-state index contributed by atoms with van der Waals surface area (Å²) in [6.07, 6.45) is 13.4. The van der Waals surface area contributed by atoms with Gasteiger partial charge in [-0.2, -0.15) is 5.26 Å². The van der Waals surface area contributed by atoms with Gasteiger partial charge in [0.1, 0.15) is 11.5 Å². The summed E-state index contributed by atoms with van der Waals surface area (Å²) >= 11 is 0. The van der Waals surface area contributed by atoms with E-state index in [4.69, 9.17) is 10.00 Å². The number of allylic oxidation sites excluding steroid dienone is 1. The Balaban J connectivity index is 1.55. The van der Waals surface area contributed by atoms with Gasteiger partial charge in [-0.1, -0.05) is 19.3 Å². The van der Waals surface area contributed by atoms with Gasteiger partial charge < -0.3 is 14.7 Å². The van der Waals surface area contributed by atoms with Crippen molar-refractivity contribution in [3.05, 3.63) is 65.1 Å². The molecule has 0 fully saturated rings. The van der Waals surface area contributed by atoms with Gasteiger partial charge in [0.15, 0.2) is 0 Å². The Bertz CT molecular complexity index is 863. The highest BCUT2D eigenvalue weighted by molar-refractivity contribution is 6.11. The number of rotatable bonds is 10. The van der Waals surface area contributed by atoms with Crippen molar-refractivity contribution in [3.8, 4) is 6.07 Å². The Hall–Kier alpha value is -3.00. The third-order valence-electron chi connectivity index (χ3n) is 4.65. The van der Waals surface area contributed by atoms with E-state index in [1.54, 1.807) is 7.11 Å². The number of H-pyrrole nitrogens is 2. The molecule has 140 valence electrons. The Labute approximate surface area is 160 Å². The normalized spacial score (nSPS) is 14.9. The fourth-order valence-electron chi connectivity index (χ4n) is 3.20. The zero-order valence-corrected chi connectivity index (χ0v) is 15.8. The lowest BCUT2D eigenvalue weighted by molar-refractivity contribution is 0.303. The number of unbranched alkanes of at least 4 members (excludes halogenated alkanes) is 5. The zero-order chi connectivity index (χ0) is 18.9. The van der Waals surface area contributed by atoms with Gasteiger partial charge in [0.25, 0.3) is 0 Å². The van der Waals surface area contributed by atoms with E-state index in [1.165, 1.54) is 25.0 Å². The summed E-state index contributed by atoms with van der Waals surface area (Å²) < 4.78 is 5.48. The van der Waals surface area contributed by atoms with Crippen LogP contribution in [0.4, 0.5) is 0 Å². The maximum absolute atomic E-state index is 8.54. The van der Waals surface area contributed by atoms with Crippen LogP contribution >= 0.6 is 0 Å². The standard InChI is InChI=1S/C22H26N4O/c1-27-22-16-20(19-10-8-14-24-19)26-21(22)15-18-12-11-17(25-18)9-6-4-2-3-5-7-13-23/h8,10-12,14-16,24-25H,2-7,9H2,1H3. The van der Waals surface area contributed by atoms with Crippen LogP contribution < -0.4 is 0 Å². The maximum atomic E-state index is 8.54. The van der Waals surface area contributed by atoms with E-state index in [1.807, 2.05) is 30.5 Å². The average molecular weight is 362 g/mol. The van der Waals surface area contributed by atoms with E-state index in [9.17, 15) is 0 Å². The molecule has 0 radical (unpaired) electrons. The van der Waals surface area contributed by atoms with Crippen LogP contribution in [0.2, 0.25) is 0 Å². The van der Waals surface area contributed by atoms with Crippen molar-refractivity contribution < 1.29 is 4.74 Å². The maximum Gasteiger partial charge on any atom is 0.146 e. The van der Waals surface area contributed by atoms with Gasteiger partial charge in [0.05, 0.1) is 24.6 Å². The van der Waals surface area contributed by atoms with Gasteiger partial charge >= 0.3 is 0 Å². The van der Waals surface area contributed by atoms with E-state index in [0.29, 0.717) is 6.42 Å². The first-order chi connectivity index (χ1) is 13.3. The second kappa shape index (κ2) is 9.63. The van der Waals surface area contributed by atoms with E-state index in [0.717, 1.165) is 47.8 Å². The fourth-order valence-corrected chi connectivity index (χ4v) is 3.20. The molecule has 0 amide bonds. The minimum Gasteiger partial charge on any atom is -0.494 e. The number of hydrogen-bond donors (Lipinski definition) is 2. The van der Waals surface area contributed by atoms with Crippen molar-refractivity contribution in [1.82, 2.24) is 9.97 Å². The largest absolute Gasteiger partial charge is 0.494 e. The number of aliphatic imine (C=N–C) groups is 1. The van der Waals surface area contributed by atoms with Crippen LogP contribution in [0.25, 0.3) is 6.08 Å². The van der Waals surface area contributed by atoms with Crippen LogP contribution in [-0.2, 0) is 11.2 Å². The zero-order valence-electron chi connectivity index (χ0n) is 15.8. The topological polar surface area (TPSA) is 77.0 Å². The summed E-state index contributed by atoms with van der Waals surface area (Å²) in [5.74, 6) is 0.771. The predicted octanol–water partition coefficient (Wildman–Crippen LogP) is 5.12. The number of aryl methyl sites for hydroxylation is 1. The number of aromatic amines is 2. The van der Waals surface area contributed by atoms with Crippen molar-refractivity contribution in [2.24, 2.45) is 4.99 Å². The molecule has 0 saturated carbocycles. The van der Waals surface area contributed by atoms with Gasteiger partial charge in [-0.3, -0.25) is 0 Å². The van der Waals surface area contributed by atoms with Crippen LogP contribution in [0.1, 0.15) is 55.6 Å². The van der Waals surface area contributed by atoms with Crippen LogP contribution in [0.3, 0.4) is 0 Å². The summed E-state index contributed by atoms with van der Waals surface area (Å²) in [5, 5.41) is 8.54. The van der Waals surface area contributed by atoms with Gasteiger partial charge in [0.2, 0.25) is 0 Å². The van der Waals surface area contributed by atoms with Crippen molar-refractivity contribution in [1.29, 1.82) is 5.26 Å². The molecule has 2 N–H and O–H groups in total. The molecule has 0 spiro atoms. The lowest BCUT2D eigenvalue weighted by Crippen LogP contribution is -1.93. The molecule has 2 aromatic rings. The first-order valence-corrected chi connectivity index (χ1v) is 9.55. The number of nitrogens with one attached hydrogen (secondary N) is 2. The molecule has 0 aromatic carbocycles. The number of nitriles is 1. The SMILES string of the molecule is COC1=CC(c2ccc[nH]2)=NC1=Cc1ccc(CCCCCCCC#N)[nH]1. The summed E-state index contributed by atoms with van der Waals surface area (Å²) in [6, 6.07) is 10.4. The molecule has 3 rings (SSSR count). The molecule has 0 aliphatic carbocycles. The highest BCUT2D eigenvalue weighted by Crippen LogP contribution is 2.24. The molecule has 5 nitrogen and oxygen atoms in total. The molecule has 1 aliphatic rings. The molecule has 0 atom stereocenters. The molecule has 3 heterocycles. The summed E-state index contributed by atoms with van der Waals surface area (Å²) in [4.78, 5) is 11.3. The van der Waals surface area contributed by atoms with E-state index in [-0.39, 0.29) is 0 Å². The smallest absolute Gasteiger partial charge is 0.146 e. The van der Waals surface area contributed by atoms with Crippen molar-refractivity contribution in [2.75, 3.05) is 7.11 Å². The number of methoxy groups -OCH3 is 1. The molecule has 5 heteroatoms. The van der Waals surface area contributed by atoms with E-state index in [2.05, 4.69) is 33.2 Å². The summed E-state index contributed by atoms with van der Waals surface area (Å²) in [6.45, 7) is 0. The molecule has 27 heavy (non-hydrogen) atoms. The third kappa shape index (κ3) is 5.24. The summed E-state index contributed by atoms with van der Waals surface area (Å²) in [5.41, 5.74) is 4.97. The predicted molar refractivity (Wildman–Crippen MR) is 108 cm³/mol. The Morgan fingerprint density at radius 3 is 2.78 bits per heavy atom. The quantitative estimate of drug-likeness (QED) is 0.575. The van der Waals surface area contributed by atoms with Crippen molar-refractivity contribution in [2.45, 2.75) is 44.9 Å². The average Bonchev–Trinajstić information content (AvgIpc) is 3.42.